The molecule has 0 unspecified atom stereocenters. The van der Waals surface area contributed by atoms with Crippen LogP contribution in [0.25, 0.3) is 0 Å². The first-order chi connectivity index (χ1) is 9.35. The van der Waals surface area contributed by atoms with E-state index in [4.69, 9.17) is 10.5 Å². The summed E-state index contributed by atoms with van der Waals surface area (Å²) in [7, 11) is 1.30. The maximum Gasteiger partial charge on any atom is 0.328 e. The summed E-state index contributed by atoms with van der Waals surface area (Å²) in [5.74, 6) is -0.535. The Hall–Kier alpha value is -1.56. The molecule has 0 saturated carbocycles. The SMILES string of the molecule is COC(=O)[C@H](CC(C)C)NC(=O)c1ccc(Br)c(N)c1. The molecule has 1 aromatic rings. The van der Waals surface area contributed by atoms with Crippen molar-refractivity contribution >= 4 is 33.5 Å². The van der Waals surface area contributed by atoms with Gasteiger partial charge < -0.3 is 15.8 Å². The number of halogens is 1. The van der Waals surface area contributed by atoms with Crippen LogP contribution in [0.5, 0.6) is 0 Å². The van der Waals surface area contributed by atoms with Gasteiger partial charge >= 0.3 is 5.97 Å². The Kier molecular flexibility index (Phi) is 6.01. The third kappa shape index (κ3) is 4.52. The number of benzene rings is 1. The number of rotatable bonds is 5. The van der Waals surface area contributed by atoms with Gasteiger partial charge in [-0.25, -0.2) is 4.79 Å². The van der Waals surface area contributed by atoms with Gasteiger partial charge in [-0.05, 0) is 46.5 Å². The van der Waals surface area contributed by atoms with E-state index < -0.39 is 12.0 Å². The van der Waals surface area contributed by atoms with Crippen LogP contribution in [0, 0.1) is 5.92 Å². The third-order valence-corrected chi connectivity index (χ3v) is 3.48. The summed E-state index contributed by atoms with van der Waals surface area (Å²) in [6.45, 7) is 3.94. The van der Waals surface area contributed by atoms with Crippen LogP contribution in [0.15, 0.2) is 22.7 Å². The van der Waals surface area contributed by atoms with E-state index in [0.29, 0.717) is 17.7 Å². The van der Waals surface area contributed by atoms with Crippen molar-refractivity contribution in [2.45, 2.75) is 26.3 Å². The fourth-order valence-electron chi connectivity index (χ4n) is 1.75. The van der Waals surface area contributed by atoms with Gasteiger partial charge in [0, 0.05) is 15.7 Å². The number of carbonyl (C=O) groups is 2. The molecule has 0 heterocycles. The molecule has 0 spiro atoms. The van der Waals surface area contributed by atoms with E-state index in [-0.39, 0.29) is 11.8 Å². The van der Waals surface area contributed by atoms with Crippen LogP contribution >= 0.6 is 15.9 Å². The van der Waals surface area contributed by atoms with Crippen LogP contribution in [-0.2, 0) is 9.53 Å². The van der Waals surface area contributed by atoms with Gasteiger partial charge in [-0.1, -0.05) is 13.8 Å². The number of hydrogen-bond donors (Lipinski definition) is 2. The second-order valence-corrected chi connectivity index (χ2v) is 5.77. The highest BCUT2D eigenvalue weighted by atomic mass is 79.9. The van der Waals surface area contributed by atoms with Crippen molar-refractivity contribution < 1.29 is 14.3 Å². The molecule has 20 heavy (non-hydrogen) atoms. The zero-order valence-electron chi connectivity index (χ0n) is 11.8. The van der Waals surface area contributed by atoms with Crippen LogP contribution < -0.4 is 11.1 Å². The summed E-state index contributed by atoms with van der Waals surface area (Å²) in [6.07, 6.45) is 0.518. The molecule has 6 heteroatoms. The standard InChI is InChI=1S/C14H19BrN2O3/c1-8(2)6-12(14(19)20-3)17-13(18)9-4-5-10(15)11(16)7-9/h4-5,7-8,12H,6,16H2,1-3H3,(H,17,18)/t12-/m0/s1. The summed E-state index contributed by atoms with van der Waals surface area (Å²) < 4.78 is 5.43. The Morgan fingerprint density at radius 3 is 2.55 bits per heavy atom. The quantitative estimate of drug-likeness (QED) is 0.635. The summed E-state index contributed by atoms with van der Waals surface area (Å²) >= 11 is 3.27. The molecular weight excluding hydrogens is 324 g/mol. The van der Waals surface area contributed by atoms with Gasteiger partial charge in [-0.15, -0.1) is 0 Å². The first-order valence-corrected chi connectivity index (χ1v) is 7.08. The van der Waals surface area contributed by atoms with Gasteiger partial charge in [0.25, 0.3) is 5.91 Å². The first kappa shape index (κ1) is 16.5. The van der Waals surface area contributed by atoms with Crippen LogP contribution in [0.2, 0.25) is 0 Å². The highest BCUT2D eigenvalue weighted by Gasteiger charge is 2.23. The molecular formula is C14H19BrN2O3. The van der Waals surface area contributed by atoms with Crippen LogP contribution in [0.1, 0.15) is 30.6 Å². The van der Waals surface area contributed by atoms with E-state index in [0.717, 1.165) is 4.47 Å². The zero-order chi connectivity index (χ0) is 15.3. The van der Waals surface area contributed by atoms with E-state index in [1.165, 1.54) is 7.11 Å². The fraction of sp³-hybridized carbons (Fsp3) is 0.429. The van der Waals surface area contributed by atoms with Crippen LogP contribution in [0.3, 0.4) is 0 Å². The van der Waals surface area contributed by atoms with Crippen LogP contribution in [-0.4, -0.2) is 25.0 Å². The average Bonchev–Trinajstić information content (AvgIpc) is 2.39. The van der Waals surface area contributed by atoms with Crippen molar-refractivity contribution in [3.8, 4) is 0 Å². The zero-order valence-corrected chi connectivity index (χ0v) is 13.4. The van der Waals surface area contributed by atoms with Gasteiger partial charge in [0.1, 0.15) is 6.04 Å². The third-order valence-electron chi connectivity index (χ3n) is 2.76. The van der Waals surface area contributed by atoms with Crippen LogP contribution in [0.4, 0.5) is 5.69 Å². The molecule has 1 amide bonds. The van der Waals surface area contributed by atoms with E-state index in [1.807, 2.05) is 13.8 Å². The predicted octanol–water partition coefficient (Wildman–Crippen LogP) is 2.35. The number of esters is 1. The molecule has 0 saturated heterocycles. The van der Waals surface area contributed by atoms with Gasteiger partial charge in [-0.3, -0.25) is 4.79 Å². The smallest absolute Gasteiger partial charge is 0.328 e. The number of hydrogen-bond acceptors (Lipinski definition) is 4. The van der Waals surface area contributed by atoms with Gasteiger partial charge in [-0.2, -0.15) is 0 Å². The lowest BCUT2D eigenvalue weighted by molar-refractivity contribution is -0.143. The molecule has 0 radical (unpaired) electrons. The van der Waals surface area contributed by atoms with Gasteiger partial charge in [0.05, 0.1) is 7.11 Å². The highest BCUT2D eigenvalue weighted by molar-refractivity contribution is 9.10. The van der Waals surface area contributed by atoms with Crippen molar-refractivity contribution in [2.75, 3.05) is 12.8 Å². The van der Waals surface area contributed by atoms with E-state index in [9.17, 15) is 9.59 Å². The monoisotopic (exact) mass is 342 g/mol. The second kappa shape index (κ2) is 7.28. The topological polar surface area (TPSA) is 81.4 Å². The Morgan fingerprint density at radius 1 is 1.40 bits per heavy atom. The minimum Gasteiger partial charge on any atom is -0.467 e. The molecule has 110 valence electrons. The highest BCUT2D eigenvalue weighted by Crippen LogP contribution is 2.20. The number of nitrogens with two attached hydrogens (primary N) is 1. The number of carbonyl (C=O) groups excluding carboxylic acids is 2. The fourth-order valence-corrected chi connectivity index (χ4v) is 2.00. The molecule has 0 bridgehead atoms. The Labute approximate surface area is 127 Å². The van der Waals surface area contributed by atoms with E-state index in [1.54, 1.807) is 18.2 Å². The normalized spacial score (nSPS) is 12.1. The summed E-state index contributed by atoms with van der Waals surface area (Å²) in [6, 6.07) is 4.24. The Bertz CT molecular complexity index is 503. The number of methoxy groups -OCH3 is 1. The minimum atomic E-state index is -0.655. The summed E-state index contributed by atoms with van der Waals surface area (Å²) in [4.78, 5) is 23.8. The lowest BCUT2D eigenvalue weighted by atomic mass is 10.0. The Balaban J connectivity index is 2.84. The first-order valence-electron chi connectivity index (χ1n) is 6.28. The second-order valence-electron chi connectivity index (χ2n) is 4.92. The number of amides is 1. The summed E-state index contributed by atoms with van der Waals surface area (Å²) in [5, 5.41) is 2.68. The summed E-state index contributed by atoms with van der Waals surface area (Å²) in [5.41, 5.74) is 6.61. The molecule has 0 aliphatic heterocycles. The van der Waals surface area contributed by atoms with Crippen molar-refractivity contribution in [1.29, 1.82) is 0 Å². The molecule has 1 rings (SSSR count). The molecule has 0 fully saturated rings. The largest absolute Gasteiger partial charge is 0.467 e. The molecule has 3 N–H and O–H groups in total. The lowest BCUT2D eigenvalue weighted by Crippen LogP contribution is -2.42. The minimum absolute atomic E-state index is 0.259. The molecule has 1 aromatic carbocycles. The van der Waals surface area contributed by atoms with Crippen molar-refractivity contribution in [2.24, 2.45) is 5.92 Å². The van der Waals surface area contributed by atoms with E-state index >= 15 is 0 Å². The average molecular weight is 343 g/mol. The Morgan fingerprint density at radius 2 is 2.05 bits per heavy atom. The maximum absolute atomic E-state index is 12.1. The lowest BCUT2D eigenvalue weighted by Gasteiger charge is -2.18. The number of nitrogens with one attached hydrogen (secondary N) is 1. The predicted molar refractivity (Wildman–Crippen MR) is 81.3 cm³/mol. The number of nitrogen functional groups attached to an aromatic ring is 1. The molecule has 0 aliphatic carbocycles. The molecule has 0 aromatic heterocycles. The van der Waals surface area contributed by atoms with Crippen molar-refractivity contribution in [3.05, 3.63) is 28.2 Å². The van der Waals surface area contributed by atoms with Gasteiger partial charge in [0.15, 0.2) is 0 Å². The molecule has 1 atom stereocenters. The van der Waals surface area contributed by atoms with Gasteiger partial charge in [0.2, 0.25) is 0 Å². The van der Waals surface area contributed by atoms with E-state index in [2.05, 4.69) is 21.2 Å². The number of ether oxygens (including phenoxy) is 1. The number of anilines is 1. The van der Waals surface area contributed by atoms with Crippen molar-refractivity contribution in [1.82, 2.24) is 5.32 Å². The maximum atomic E-state index is 12.1. The van der Waals surface area contributed by atoms with Crippen molar-refractivity contribution in [3.63, 3.8) is 0 Å². The molecule has 5 nitrogen and oxygen atoms in total. The molecule has 0 aliphatic rings.